The summed E-state index contributed by atoms with van der Waals surface area (Å²) in [4.78, 5) is 51.8. The molecule has 2 saturated heterocycles. The summed E-state index contributed by atoms with van der Waals surface area (Å²) in [6, 6.07) is 10.2. The maximum atomic E-state index is 13.5. The molecular formula is C23H18N4O6. The molecule has 0 radical (unpaired) electrons. The quantitative estimate of drug-likeness (QED) is 0.299. The number of ketones is 1. The number of carbonyl (C=O) groups excluding carboxylic acids is 3. The third-order valence-corrected chi connectivity index (χ3v) is 6.25. The Hall–Kier alpha value is -4.34. The van der Waals surface area contributed by atoms with E-state index in [0.717, 1.165) is 4.90 Å². The Kier molecular flexibility index (Phi) is 4.77. The normalized spacial score (nSPS) is 25.2. The first-order valence-corrected chi connectivity index (χ1v) is 10.2. The lowest BCUT2D eigenvalue weighted by Gasteiger charge is -2.30. The van der Waals surface area contributed by atoms with Gasteiger partial charge in [0.2, 0.25) is 11.8 Å². The van der Waals surface area contributed by atoms with Crippen LogP contribution in [-0.2, 0) is 9.59 Å². The van der Waals surface area contributed by atoms with E-state index in [1.807, 2.05) is 0 Å². The number of nitro benzene ring substituents is 1. The smallest absolute Gasteiger partial charge is 0.269 e. The van der Waals surface area contributed by atoms with Crippen molar-refractivity contribution in [3.63, 3.8) is 0 Å². The molecule has 2 amide bonds. The lowest BCUT2D eigenvalue weighted by Crippen LogP contribution is -2.46. The highest BCUT2D eigenvalue weighted by Crippen LogP contribution is 2.46. The molecule has 2 fully saturated rings. The molecule has 10 heteroatoms. The summed E-state index contributed by atoms with van der Waals surface area (Å²) < 4.78 is 5.15. The molecule has 2 aromatic rings. The van der Waals surface area contributed by atoms with E-state index in [2.05, 4.69) is 5.10 Å². The van der Waals surface area contributed by atoms with Crippen LogP contribution in [0.2, 0.25) is 0 Å². The highest BCUT2D eigenvalue weighted by Gasteiger charge is 2.64. The number of methoxy groups -OCH3 is 1. The predicted octanol–water partition coefficient (Wildman–Crippen LogP) is 2.20. The number of ether oxygens (including phenoxy) is 1. The zero-order valence-electron chi connectivity index (χ0n) is 17.4. The molecule has 0 N–H and O–H groups in total. The van der Waals surface area contributed by atoms with Crippen LogP contribution in [0.15, 0.2) is 65.8 Å². The van der Waals surface area contributed by atoms with Crippen LogP contribution < -0.4 is 9.64 Å². The van der Waals surface area contributed by atoms with Crippen molar-refractivity contribution >= 4 is 35.2 Å². The molecule has 3 heterocycles. The van der Waals surface area contributed by atoms with Crippen LogP contribution in [0.25, 0.3) is 0 Å². The van der Waals surface area contributed by atoms with Gasteiger partial charge in [0.15, 0.2) is 5.78 Å². The lowest BCUT2D eigenvalue weighted by molar-refractivity contribution is -0.384. The molecule has 0 saturated carbocycles. The van der Waals surface area contributed by atoms with Crippen LogP contribution in [-0.4, -0.2) is 52.9 Å². The zero-order valence-corrected chi connectivity index (χ0v) is 17.4. The topological polar surface area (TPSA) is 122 Å². The molecule has 0 aliphatic carbocycles. The van der Waals surface area contributed by atoms with E-state index in [0.29, 0.717) is 11.3 Å². The summed E-state index contributed by atoms with van der Waals surface area (Å²) in [6.07, 6.45) is 4.97. The van der Waals surface area contributed by atoms with Crippen molar-refractivity contribution in [1.29, 1.82) is 0 Å². The van der Waals surface area contributed by atoms with Crippen LogP contribution in [0, 0.1) is 22.0 Å². The fourth-order valence-corrected chi connectivity index (χ4v) is 4.74. The van der Waals surface area contributed by atoms with Gasteiger partial charge in [-0.1, -0.05) is 6.08 Å². The number of amides is 2. The molecule has 10 nitrogen and oxygen atoms in total. The Morgan fingerprint density at radius 3 is 2.33 bits per heavy atom. The molecule has 3 aliphatic heterocycles. The molecular weight excluding hydrogens is 428 g/mol. The maximum Gasteiger partial charge on any atom is 0.269 e. The number of hydrogen-bond acceptors (Lipinski definition) is 8. The third-order valence-electron chi connectivity index (χ3n) is 6.25. The van der Waals surface area contributed by atoms with E-state index in [-0.39, 0.29) is 17.2 Å². The number of anilines is 1. The average Bonchev–Trinajstić information content (AvgIpc) is 3.31. The van der Waals surface area contributed by atoms with Gasteiger partial charge in [0.25, 0.3) is 5.69 Å². The van der Waals surface area contributed by atoms with Gasteiger partial charge in [-0.15, -0.1) is 0 Å². The van der Waals surface area contributed by atoms with Gasteiger partial charge < -0.3 is 4.74 Å². The molecule has 5 rings (SSSR count). The number of carbonyl (C=O) groups is 3. The van der Waals surface area contributed by atoms with Crippen molar-refractivity contribution in [3.05, 3.63) is 76.4 Å². The number of hydrazone groups is 1. The van der Waals surface area contributed by atoms with Gasteiger partial charge in [-0.05, 0) is 42.5 Å². The van der Waals surface area contributed by atoms with Gasteiger partial charge in [0.1, 0.15) is 11.8 Å². The van der Waals surface area contributed by atoms with E-state index in [1.165, 1.54) is 42.6 Å². The van der Waals surface area contributed by atoms with Crippen LogP contribution in [0.3, 0.4) is 0 Å². The van der Waals surface area contributed by atoms with Crippen LogP contribution in [0.1, 0.15) is 10.4 Å². The van der Waals surface area contributed by atoms with Crippen molar-refractivity contribution in [1.82, 2.24) is 5.01 Å². The Balaban J connectivity index is 1.53. The van der Waals surface area contributed by atoms with Crippen molar-refractivity contribution < 1.29 is 24.0 Å². The number of benzene rings is 2. The highest BCUT2D eigenvalue weighted by molar-refractivity contribution is 6.24. The van der Waals surface area contributed by atoms with Crippen molar-refractivity contribution in [2.75, 3.05) is 12.0 Å². The van der Waals surface area contributed by atoms with Gasteiger partial charge in [-0.25, -0.2) is 4.90 Å². The van der Waals surface area contributed by atoms with Crippen LogP contribution in [0.5, 0.6) is 5.75 Å². The molecule has 166 valence electrons. The number of hydrogen-bond donors (Lipinski definition) is 0. The van der Waals surface area contributed by atoms with Crippen LogP contribution >= 0.6 is 0 Å². The molecule has 2 aromatic carbocycles. The second-order valence-electron chi connectivity index (χ2n) is 7.89. The Bertz CT molecular complexity index is 1220. The summed E-state index contributed by atoms with van der Waals surface area (Å²) in [5.74, 6) is -2.46. The maximum absolute atomic E-state index is 13.5. The standard InChI is InChI=1S/C23H18N4O6/c1-33-16-10-4-13(5-11-16)21(28)20-19-18(17-3-2-12-24-26(17)20)22(29)25(23(19)30)14-6-8-15(9-7-14)27(31)32/h2-12,17-20H,1H3/t17-,18+,19+,20-/m1/s1. The number of imide groups is 1. The minimum absolute atomic E-state index is 0.152. The molecule has 33 heavy (non-hydrogen) atoms. The summed E-state index contributed by atoms with van der Waals surface area (Å²) in [5, 5.41) is 16.8. The largest absolute Gasteiger partial charge is 0.497 e. The molecule has 3 aliphatic rings. The molecule has 0 unspecified atom stereocenters. The van der Waals surface area contributed by atoms with E-state index in [4.69, 9.17) is 4.74 Å². The lowest BCUT2D eigenvalue weighted by atomic mass is 9.86. The number of non-ortho nitro benzene ring substituents is 1. The van der Waals surface area contributed by atoms with E-state index >= 15 is 0 Å². The monoisotopic (exact) mass is 446 g/mol. The predicted molar refractivity (Wildman–Crippen MR) is 117 cm³/mol. The SMILES string of the molecule is COc1ccc(C(=O)[C@H]2[C@H]3C(=O)N(c4ccc([N+](=O)[O-])cc4)C(=O)[C@H]3[C@H]3C=CC=NN32)cc1. The van der Waals surface area contributed by atoms with Crippen LogP contribution in [0.4, 0.5) is 11.4 Å². The van der Waals surface area contributed by atoms with Crippen molar-refractivity contribution in [3.8, 4) is 5.75 Å². The van der Waals surface area contributed by atoms with E-state index in [1.54, 1.807) is 36.4 Å². The second-order valence-corrected chi connectivity index (χ2v) is 7.89. The first kappa shape index (κ1) is 20.6. The Morgan fingerprint density at radius 1 is 1.03 bits per heavy atom. The van der Waals surface area contributed by atoms with Gasteiger partial charge in [-0.2, -0.15) is 5.10 Å². The van der Waals surface area contributed by atoms with E-state index in [9.17, 15) is 24.5 Å². The van der Waals surface area contributed by atoms with Crippen molar-refractivity contribution in [2.24, 2.45) is 16.9 Å². The zero-order chi connectivity index (χ0) is 23.3. The Labute approximate surface area is 187 Å². The summed E-state index contributed by atoms with van der Waals surface area (Å²) >= 11 is 0. The minimum Gasteiger partial charge on any atom is -0.497 e. The number of allylic oxidation sites excluding steroid dienone is 1. The van der Waals surface area contributed by atoms with Gasteiger partial charge >= 0.3 is 0 Å². The fraction of sp³-hybridized carbons (Fsp3) is 0.217. The van der Waals surface area contributed by atoms with E-state index < -0.39 is 40.7 Å². The minimum atomic E-state index is -0.964. The summed E-state index contributed by atoms with van der Waals surface area (Å²) in [5.41, 5.74) is 0.454. The number of nitrogens with zero attached hydrogens (tertiary/aromatic N) is 4. The van der Waals surface area contributed by atoms with Gasteiger partial charge in [0.05, 0.1) is 35.6 Å². The first-order chi connectivity index (χ1) is 15.9. The van der Waals surface area contributed by atoms with Gasteiger partial charge in [-0.3, -0.25) is 29.5 Å². The highest BCUT2D eigenvalue weighted by atomic mass is 16.6. The molecule has 4 atom stereocenters. The number of nitro groups is 1. The average molecular weight is 446 g/mol. The summed E-state index contributed by atoms with van der Waals surface area (Å²) in [7, 11) is 1.52. The molecule has 0 spiro atoms. The molecule has 0 bridgehead atoms. The fourth-order valence-electron chi connectivity index (χ4n) is 4.74. The number of Topliss-reactive ketones (excluding diaryl/α,β-unsaturated/α-hetero) is 1. The van der Waals surface area contributed by atoms with Crippen molar-refractivity contribution in [2.45, 2.75) is 12.1 Å². The summed E-state index contributed by atoms with van der Waals surface area (Å²) in [6.45, 7) is 0. The molecule has 0 aromatic heterocycles. The number of rotatable bonds is 5. The second kappa shape index (κ2) is 7.66. The first-order valence-electron chi connectivity index (χ1n) is 10.2. The third kappa shape index (κ3) is 3.10. The number of fused-ring (bicyclic) bond motifs is 3. The Morgan fingerprint density at radius 2 is 1.70 bits per heavy atom. The van der Waals surface area contributed by atoms with Gasteiger partial charge in [0, 0.05) is 23.9 Å².